The zero-order chi connectivity index (χ0) is 14.0. The number of methoxy groups -OCH3 is 1. The molecule has 0 radical (unpaired) electrons. The van der Waals surface area contributed by atoms with Gasteiger partial charge in [-0.3, -0.25) is 0 Å². The third-order valence-corrected chi connectivity index (χ3v) is 2.64. The molecule has 0 N–H and O–H groups in total. The lowest BCUT2D eigenvalue weighted by atomic mass is 10.2. The third kappa shape index (κ3) is 2.07. The fraction of sp³-hybridized carbons (Fsp3) is 0.154. The summed E-state index contributed by atoms with van der Waals surface area (Å²) in [5.41, 5.74) is 0.793. The minimum Gasteiger partial charge on any atom is -0.464 e. The van der Waals surface area contributed by atoms with E-state index in [-0.39, 0.29) is 5.57 Å². The predicted octanol–water partition coefficient (Wildman–Crippen LogP) is 1.99. The number of fused-ring (bicyclic) bond motifs is 1. The lowest BCUT2D eigenvalue weighted by molar-refractivity contribution is 0.0590. The number of carbonyl (C=O) groups excluding carboxylic acids is 1. The molecule has 2 rings (SSSR count). The van der Waals surface area contributed by atoms with Crippen LogP contribution in [0.15, 0.2) is 22.1 Å². The highest BCUT2D eigenvalue weighted by Gasteiger charge is 2.16. The van der Waals surface area contributed by atoms with Gasteiger partial charge < -0.3 is 13.7 Å². The number of esters is 1. The van der Waals surface area contributed by atoms with E-state index in [2.05, 4.69) is 4.74 Å². The molecule has 0 fully saturated rings. The number of aryl methyl sites for hydroxylation is 1. The molecular weight excluding hydrogens is 246 g/mol. The van der Waals surface area contributed by atoms with Crippen molar-refractivity contribution in [3.05, 3.63) is 29.2 Å². The summed E-state index contributed by atoms with van der Waals surface area (Å²) in [5.74, 6) is -0.0733. The van der Waals surface area contributed by atoms with Crippen LogP contribution in [0.2, 0.25) is 0 Å². The van der Waals surface area contributed by atoms with Crippen LogP contribution in [-0.2, 0) is 11.8 Å². The number of hydrogen-bond acceptors (Lipinski definition) is 5. The van der Waals surface area contributed by atoms with Gasteiger partial charge in [0.15, 0.2) is 0 Å². The number of furan rings is 1. The summed E-state index contributed by atoms with van der Waals surface area (Å²) < 4.78 is 11.7. The maximum atomic E-state index is 11.5. The van der Waals surface area contributed by atoms with Gasteiger partial charge in [0.1, 0.15) is 29.2 Å². The van der Waals surface area contributed by atoms with Crippen LogP contribution in [0.4, 0.5) is 0 Å². The Morgan fingerprint density at radius 1 is 1.42 bits per heavy atom. The molecule has 2 aromatic heterocycles. The maximum Gasteiger partial charge on any atom is 0.354 e. The van der Waals surface area contributed by atoms with Crippen molar-refractivity contribution in [2.24, 2.45) is 7.05 Å². The smallest absolute Gasteiger partial charge is 0.354 e. The van der Waals surface area contributed by atoms with Crippen LogP contribution in [0, 0.1) is 22.7 Å². The van der Waals surface area contributed by atoms with E-state index in [0.29, 0.717) is 22.6 Å². The summed E-state index contributed by atoms with van der Waals surface area (Å²) in [4.78, 5) is 11.5. The minimum absolute atomic E-state index is 0.0488. The van der Waals surface area contributed by atoms with Crippen LogP contribution >= 0.6 is 0 Å². The van der Waals surface area contributed by atoms with Gasteiger partial charge in [-0.1, -0.05) is 0 Å². The Morgan fingerprint density at radius 2 is 2.11 bits per heavy atom. The van der Waals surface area contributed by atoms with Crippen molar-refractivity contribution in [2.45, 2.75) is 0 Å². The second-order valence-electron chi connectivity index (χ2n) is 3.77. The first-order valence-corrected chi connectivity index (χ1v) is 5.30. The highest BCUT2D eigenvalue weighted by molar-refractivity contribution is 5.94. The fourth-order valence-corrected chi connectivity index (χ4v) is 1.74. The fourth-order valence-electron chi connectivity index (χ4n) is 1.74. The second-order valence-corrected chi connectivity index (χ2v) is 3.77. The van der Waals surface area contributed by atoms with Crippen molar-refractivity contribution < 1.29 is 13.9 Å². The Labute approximate surface area is 108 Å². The molecule has 0 unspecified atom stereocenters. The molecule has 2 aromatic rings. The number of nitriles is 2. The van der Waals surface area contributed by atoms with E-state index in [4.69, 9.17) is 14.9 Å². The lowest BCUT2D eigenvalue weighted by Crippen LogP contribution is -2.06. The van der Waals surface area contributed by atoms with Crippen LogP contribution in [-0.4, -0.2) is 17.6 Å². The lowest BCUT2D eigenvalue weighted by Gasteiger charge is -1.99. The SMILES string of the molecule is COC(=O)c1cc2cc(C=C(C#N)C#N)oc2n1C. The first-order chi connectivity index (χ1) is 9.10. The highest BCUT2D eigenvalue weighted by Crippen LogP contribution is 2.24. The molecule has 0 aliphatic carbocycles. The molecule has 0 atom stereocenters. The largest absolute Gasteiger partial charge is 0.464 e. The average molecular weight is 255 g/mol. The molecule has 19 heavy (non-hydrogen) atoms. The van der Waals surface area contributed by atoms with E-state index < -0.39 is 5.97 Å². The minimum atomic E-state index is -0.458. The number of aromatic nitrogens is 1. The maximum absolute atomic E-state index is 11.5. The summed E-state index contributed by atoms with van der Waals surface area (Å²) in [6, 6.07) is 6.77. The van der Waals surface area contributed by atoms with Gasteiger partial charge >= 0.3 is 5.97 Å². The van der Waals surface area contributed by atoms with Crippen LogP contribution in [0.1, 0.15) is 16.2 Å². The normalized spacial score (nSPS) is 9.68. The molecule has 0 bridgehead atoms. The summed E-state index contributed by atoms with van der Waals surface area (Å²) >= 11 is 0. The van der Waals surface area contributed by atoms with Gasteiger partial charge in [-0.05, 0) is 12.1 Å². The van der Waals surface area contributed by atoms with Gasteiger partial charge in [0.25, 0.3) is 0 Å². The summed E-state index contributed by atoms with van der Waals surface area (Å²) in [5, 5.41) is 18.0. The number of rotatable bonds is 2. The van der Waals surface area contributed by atoms with Gasteiger partial charge in [-0.2, -0.15) is 10.5 Å². The van der Waals surface area contributed by atoms with E-state index in [0.717, 1.165) is 0 Å². The van der Waals surface area contributed by atoms with Gasteiger partial charge in [0, 0.05) is 18.5 Å². The van der Waals surface area contributed by atoms with Crippen molar-refractivity contribution in [2.75, 3.05) is 7.11 Å². The summed E-state index contributed by atoms with van der Waals surface area (Å²) in [6.45, 7) is 0. The topological polar surface area (TPSA) is 91.9 Å². The molecule has 94 valence electrons. The van der Waals surface area contributed by atoms with E-state index in [1.807, 2.05) is 0 Å². The zero-order valence-corrected chi connectivity index (χ0v) is 10.3. The van der Waals surface area contributed by atoms with Crippen molar-refractivity contribution in [3.63, 3.8) is 0 Å². The Bertz CT molecular complexity index is 749. The molecule has 2 heterocycles. The number of allylic oxidation sites excluding steroid dienone is 1. The third-order valence-electron chi connectivity index (χ3n) is 2.64. The number of nitrogens with zero attached hydrogens (tertiary/aromatic N) is 3. The molecule has 0 aliphatic rings. The van der Waals surface area contributed by atoms with Gasteiger partial charge in [-0.15, -0.1) is 0 Å². The number of carbonyl (C=O) groups is 1. The quantitative estimate of drug-likeness (QED) is 0.604. The first kappa shape index (κ1) is 12.5. The van der Waals surface area contributed by atoms with Crippen molar-refractivity contribution in [1.29, 1.82) is 10.5 Å². The Balaban J connectivity index is 2.51. The predicted molar refractivity (Wildman–Crippen MR) is 65.7 cm³/mol. The van der Waals surface area contributed by atoms with E-state index >= 15 is 0 Å². The van der Waals surface area contributed by atoms with Gasteiger partial charge in [-0.25, -0.2) is 4.79 Å². The standard InChI is InChI=1S/C13H9N3O3/c1-16-11(13(17)18-2)5-9-4-10(19-12(9)16)3-8(6-14)7-15/h3-5H,1-2H3. The zero-order valence-electron chi connectivity index (χ0n) is 10.3. The summed E-state index contributed by atoms with van der Waals surface area (Å²) in [6.07, 6.45) is 1.35. The molecule has 6 nitrogen and oxygen atoms in total. The van der Waals surface area contributed by atoms with Crippen molar-refractivity contribution in [3.8, 4) is 12.1 Å². The van der Waals surface area contributed by atoms with E-state index in [1.54, 1.807) is 35.9 Å². The van der Waals surface area contributed by atoms with Crippen LogP contribution in [0.5, 0.6) is 0 Å². The van der Waals surface area contributed by atoms with Crippen molar-refractivity contribution >= 4 is 23.1 Å². The molecule has 0 saturated carbocycles. The van der Waals surface area contributed by atoms with Gasteiger partial charge in [0.05, 0.1) is 7.11 Å². The molecule has 0 amide bonds. The molecule has 0 saturated heterocycles. The van der Waals surface area contributed by atoms with Gasteiger partial charge in [0.2, 0.25) is 5.71 Å². The Morgan fingerprint density at radius 3 is 2.63 bits per heavy atom. The first-order valence-electron chi connectivity index (χ1n) is 5.30. The second kappa shape index (κ2) is 4.71. The number of ether oxygens (including phenoxy) is 1. The molecule has 0 aromatic carbocycles. The summed E-state index contributed by atoms with van der Waals surface area (Å²) in [7, 11) is 2.97. The molecular formula is C13H9N3O3. The molecule has 0 spiro atoms. The highest BCUT2D eigenvalue weighted by atomic mass is 16.5. The van der Waals surface area contributed by atoms with Crippen LogP contribution < -0.4 is 0 Å². The van der Waals surface area contributed by atoms with E-state index in [1.165, 1.54) is 13.2 Å². The van der Waals surface area contributed by atoms with Crippen LogP contribution in [0.3, 0.4) is 0 Å². The van der Waals surface area contributed by atoms with Crippen LogP contribution in [0.25, 0.3) is 17.2 Å². The monoisotopic (exact) mass is 255 g/mol. The van der Waals surface area contributed by atoms with E-state index in [9.17, 15) is 4.79 Å². The van der Waals surface area contributed by atoms with Crippen molar-refractivity contribution in [1.82, 2.24) is 4.57 Å². The Kier molecular flexibility index (Phi) is 3.09. The average Bonchev–Trinajstić information content (AvgIpc) is 2.94. The molecule has 6 heteroatoms. The molecule has 0 aliphatic heterocycles. The number of hydrogen-bond donors (Lipinski definition) is 0. The Hall–Kier alpha value is -2.99.